The van der Waals surface area contributed by atoms with Gasteiger partial charge in [-0.25, -0.2) is 9.18 Å². The highest BCUT2D eigenvalue weighted by Gasteiger charge is 2.30. The molecule has 3 nitrogen and oxygen atoms in total. The van der Waals surface area contributed by atoms with E-state index in [1.807, 2.05) is 6.07 Å². The van der Waals surface area contributed by atoms with E-state index in [1.54, 1.807) is 13.1 Å². The maximum atomic E-state index is 13.5. The number of hydrogen-bond acceptors (Lipinski definition) is 2. The van der Waals surface area contributed by atoms with Crippen molar-refractivity contribution < 1.29 is 14.3 Å². The Kier molecular flexibility index (Phi) is 2.34. The Morgan fingerprint density at radius 2 is 2.33 bits per heavy atom. The van der Waals surface area contributed by atoms with Gasteiger partial charge in [-0.05, 0) is 24.5 Å². The first-order valence-corrected chi connectivity index (χ1v) is 4.84. The number of rotatable bonds is 1. The summed E-state index contributed by atoms with van der Waals surface area (Å²) >= 11 is 0. The molecule has 1 aliphatic rings. The van der Waals surface area contributed by atoms with Gasteiger partial charge in [-0.3, -0.25) is 0 Å². The van der Waals surface area contributed by atoms with E-state index in [1.165, 1.54) is 11.0 Å². The molecule has 0 saturated carbocycles. The maximum Gasteiger partial charge on any atom is 0.326 e. The third-order valence-electron chi connectivity index (χ3n) is 2.86. The molecule has 0 amide bonds. The number of aliphatic carboxylic acids is 1. The number of carboxylic acid groups (broad SMARTS) is 1. The first-order chi connectivity index (χ1) is 7.11. The van der Waals surface area contributed by atoms with Gasteiger partial charge in [-0.1, -0.05) is 12.1 Å². The molecule has 1 heterocycles. The van der Waals surface area contributed by atoms with Crippen LogP contribution in [0, 0.1) is 5.82 Å². The van der Waals surface area contributed by atoms with E-state index >= 15 is 0 Å². The summed E-state index contributed by atoms with van der Waals surface area (Å²) in [6.45, 7) is 0. The molecular formula is C11H12FNO2. The fourth-order valence-electron chi connectivity index (χ4n) is 2.09. The SMILES string of the molecule is CN1c2c(F)cccc2CCC1C(=O)O. The van der Waals surface area contributed by atoms with Crippen molar-refractivity contribution in [3.63, 3.8) is 0 Å². The number of benzene rings is 1. The van der Waals surface area contributed by atoms with Gasteiger partial charge in [0.15, 0.2) is 0 Å². The molecule has 1 aromatic rings. The highest BCUT2D eigenvalue weighted by Crippen LogP contribution is 2.31. The zero-order valence-electron chi connectivity index (χ0n) is 8.40. The first-order valence-electron chi connectivity index (χ1n) is 4.84. The highest BCUT2D eigenvalue weighted by atomic mass is 19.1. The number of carboxylic acids is 1. The van der Waals surface area contributed by atoms with Crippen molar-refractivity contribution in [1.82, 2.24) is 0 Å². The lowest BCUT2D eigenvalue weighted by Crippen LogP contribution is -2.42. The molecular weight excluding hydrogens is 197 g/mol. The minimum Gasteiger partial charge on any atom is -0.480 e. The predicted molar refractivity (Wildman–Crippen MR) is 54.5 cm³/mol. The van der Waals surface area contributed by atoms with Crippen molar-refractivity contribution in [3.05, 3.63) is 29.6 Å². The molecule has 2 rings (SSSR count). The molecule has 0 fully saturated rings. The van der Waals surface area contributed by atoms with Crippen LogP contribution in [0.1, 0.15) is 12.0 Å². The molecule has 1 aromatic carbocycles. The number of fused-ring (bicyclic) bond motifs is 1. The van der Waals surface area contributed by atoms with Gasteiger partial charge in [0.2, 0.25) is 0 Å². The van der Waals surface area contributed by atoms with E-state index in [4.69, 9.17) is 5.11 Å². The Balaban J connectivity index is 2.45. The van der Waals surface area contributed by atoms with Crippen molar-refractivity contribution in [2.45, 2.75) is 18.9 Å². The number of nitrogens with zero attached hydrogens (tertiary/aromatic N) is 1. The second kappa shape index (κ2) is 3.53. The molecule has 80 valence electrons. The van der Waals surface area contributed by atoms with Gasteiger partial charge in [-0.2, -0.15) is 0 Å². The van der Waals surface area contributed by atoms with Crippen molar-refractivity contribution in [3.8, 4) is 0 Å². The van der Waals surface area contributed by atoms with Crippen LogP contribution in [-0.2, 0) is 11.2 Å². The van der Waals surface area contributed by atoms with Crippen LogP contribution in [0.15, 0.2) is 18.2 Å². The van der Waals surface area contributed by atoms with Crippen LogP contribution in [0.25, 0.3) is 0 Å². The predicted octanol–water partition coefficient (Wildman–Crippen LogP) is 1.66. The molecule has 1 unspecified atom stereocenters. The van der Waals surface area contributed by atoms with Crippen LogP contribution in [0.5, 0.6) is 0 Å². The molecule has 1 N–H and O–H groups in total. The van der Waals surface area contributed by atoms with E-state index in [0.717, 1.165) is 5.56 Å². The van der Waals surface area contributed by atoms with E-state index in [9.17, 15) is 9.18 Å². The Bertz CT molecular complexity index is 406. The average molecular weight is 209 g/mol. The van der Waals surface area contributed by atoms with Gasteiger partial charge in [0.25, 0.3) is 0 Å². The van der Waals surface area contributed by atoms with Crippen LogP contribution in [0.2, 0.25) is 0 Å². The average Bonchev–Trinajstić information content (AvgIpc) is 2.17. The Morgan fingerprint density at radius 3 is 3.00 bits per heavy atom. The monoisotopic (exact) mass is 209 g/mol. The number of carbonyl (C=O) groups is 1. The van der Waals surface area contributed by atoms with Crippen LogP contribution in [0.3, 0.4) is 0 Å². The first kappa shape index (κ1) is 9.96. The van der Waals surface area contributed by atoms with Crippen LogP contribution >= 0.6 is 0 Å². The summed E-state index contributed by atoms with van der Waals surface area (Å²) in [4.78, 5) is 12.4. The van der Waals surface area contributed by atoms with Crippen molar-refractivity contribution in [2.24, 2.45) is 0 Å². The zero-order valence-corrected chi connectivity index (χ0v) is 8.40. The lowest BCUT2D eigenvalue weighted by atomic mass is 9.96. The number of hydrogen-bond donors (Lipinski definition) is 1. The van der Waals surface area contributed by atoms with Gasteiger partial charge in [0, 0.05) is 7.05 Å². The summed E-state index contributed by atoms with van der Waals surface area (Å²) in [7, 11) is 1.62. The summed E-state index contributed by atoms with van der Waals surface area (Å²) < 4.78 is 13.5. The van der Waals surface area contributed by atoms with Crippen LogP contribution in [0.4, 0.5) is 10.1 Å². The van der Waals surface area contributed by atoms with Gasteiger partial charge in [0.05, 0.1) is 5.69 Å². The minimum absolute atomic E-state index is 0.346. The number of para-hydroxylation sites is 1. The smallest absolute Gasteiger partial charge is 0.326 e. The third-order valence-corrected chi connectivity index (χ3v) is 2.86. The summed E-state index contributed by atoms with van der Waals surface area (Å²) in [6.07, 6.45) is 1.15. The van der Waals surface area contributed by atoms with E-state index < -0.39 is 12.0 Å². The standard InChI is InChI=1S/C11H12FNO2/c1-13-9(11(14)15)6-5-7-3-2-4-8(12)10(7)13/h2-4,9H,5-6H2,1H3,(H,14,15). The van der Waals surface area contributed by atoms with Crippen molar-refractivity contribution in [1.29, 1.82) is 0 Å². The van der Waals surface area contributed by atoms with Gasteiger partial charge in [0.1, 0.15) is 11.9 Å². The molecule has 0 radical (unpaired) electrons. The van der Waals surface area contributed by atoms with Gasteiger partial charge >= 0.3 is 5.97 Å². The molecule has 0 spiro atoms. The van der Waals surface area contributed by atoms with E-state index in [-0.39, 0.29) is 5.82 Å². The summed E-state index contributed by atoms with van der Waals surface area (Å²) in [5.74, 6) is -1.24. The topological polar surface area (TPSA) is 40.5 Å². The van der Waals surface area contributed by atoms with Crippen LogP contribution in [-0.4, -0.2) is 24.2 Å². The van der Waals surface area contributed by atoms with Crippen molar-refractivity contribution in [2.75, 3.05) is 11.9 Å². The molecule has 15 heavy (non-hydrogen) atoms. The van der Waals surface area contributed by atoms with Gasteiger partial charge in [-0.15, -0.1) is 0 Å². The molecule has 0 bridgehead atoms. The van der Waals surface area contributed by atoms with Gasteiger partial charge < -0.3 is 10.0 Å². The maximum absolute atomic E-state index is 13.5. The number of anilines is 1. The normalized spacial score (nSPS) is 19.9. The summed E-state index contributed by atoms with van der Waals surface area (Å²) in [6, 6.07) is 4.24. The molecule has 4 heteroatoms. The Hall–Kier alpha value is -1.58. The van der Waals surface area contributed by atoms with Crippen molar-refractivity contribution >= 4 is 11.7 Å². The molecule has 0 saturated heterocycles. The fraction of sp³-hybridized carbons (Fsp3) is 0.364. The summed E-state index contributed by atoms with van der Waals surface area (Å²) in [5, 5.41) is 8.96. The Morgan fingerprint density at radius 1 is 1.60 bits per heavy atom. The van der Waals surface area contributed by atoms with E-state index in [2.05, 4.69) is 0 Å². The highest BCUT2D eigenvalue weighted by molar-refractivity contribution is 5.79. The second-order valence-corrected chi connectivity index (χ2v) is 3.75. The Labute approximate surface area is 87.1 Å². The number of aryl methyl sites for hydroxylation is 1. The molecule has 1 atom stereocenters. The minimum atomic E-state index is -0.897. The largest absolute Gasteiger partial charge is 0.480 e. The summed E-state index contributed by atoms with van der Waals surface area (Å²) in [5.41, 5.74) is 1.31. The third kappa shape index (κ3) is 1.56. The molecule has 0 aliphatic carbocycles. The molecule has 1 aliphatic heterocycles. The number of halogens is 1. The quantitative estimate of drug-likeness (QED) is 0.764. The lowest BCUT2D eigenvalue weighted by Gasteiger charge is -2.33. The van der Waals surface area contributed by atoms with Crippen LogP contribution < -0.4 is 4.90 Å². The zero-order chi connectivity index (χ0) is 11.0. The number of likely N-dealkylation sites (N-methyl/N-ethyl adjacent to an activating group) is 1. The van der Waals surface area contributed by atoms with E-state index in [0.29, 0.717) is 18.5 Å². The molecule has 0 aromatic heterocycles. The lowest BCUT2D eigenvalue weighted by molar-refractivity contribution is -0.138. The second-order valence-electron chi connectivity index (χ2n) is 3.75. The fourth-order valence-corrected chi connectivity index (χ4v) is 2.09.